The summed E-state index contributed by atoms with van der Waals surface area (Å²) in [7, 11) is 0. The van der Waals surface area contributed by atoms with E-state index in [1.807, 2.05) is 31.2 Å². The van der Waals surface area contributed by atoms with Gasteiger partial charge in [0.05, 0.1) is 6.61 Å². The van der Waals surface area contributed by atoms with E-state index >= 15 is 0 Å². The Balaban J connectivity index is 2.21. The molecule has 2 rings (SSSR count). The highest BCUT2D eigenvalue weighted by atomic mass is 35.5. The van der Waals surface area contributed by atoms with Crippen molar-refractivity contribution >= 4 is 23.3 Å². The maximum absolute atomic E-state index is 12.2. The van der Waals surface area contributed by atoms with Gasteiger partial charge in [-0.2, -0.15) is 0 Å². The fourth-order valence-electron chi connectivity index (χ4n) is 2.44. The first kappa shape index (κ1) is 13.2. The molecule has 1 aliphatic rings. The molecule has 1 unspecified atom stereocenters. The monoisotopic (exact) mass is 267 g/mol. The van der Waals surface area contributed by atoms with Gasteiger partial charge in [0.25, 0.3) is 0 Å². The van der Waals surface area contributed by atoms with Gasteiger partial charge in [0.1, 0.15) is 5.54 Å². The summed E-state index contributed by atoms with van der Waals surface area (Å²) in [5.74, 6) is 0.380. The molecular weight excluding hydrogens is 250 g/mol. The van der Waals surface area contributed by atoms with Crippen LogP contribution < -0.4 is 5.32 Å². The van der Waals surface area contributed by atoms with Gasteiger partial charge in [-0.1, -0.05) is 18.2 Å². The van der Waals surface area contributed by atoms with Crippen LogP contribution in [0.15, 0.2) is 24.3 Å². The average molecular weight is 268 g/mol. The Morgan fingerprint density at radius 3 is 2.94 bits per heavy atom. The van der Waals surface area contributed by atoms with Crippen LogP contribution in [0.25, 0.3) is 0 Å². The highest BCUT2D eigenvalue weighted by Crippen LogP contribution is 2.36. The minimum absolute atomic E-state index is 0.175. The fraction of sp³-hybridized carbons (Fsp3) is 0.500. The van der Waals surface area contributed by atoms with Crippen LogP contribution in [0, 0.1) is 0 Å². The lowest BCUT2D eigenvalue weighted by atomic mass is 9.90. The molecule has 0 saturated heterocycles. The largest absolute Gasteiger partial charge is 0.464 e. The van der Waals surface area contributed by atoms with E-state index < -0.39 is 5.54 Å². The Morgan fingerprint density at radius 2 is 2.28 bits per heavy atom. The topological polar surface area (TPSA) is 38.3 Å². The van der Waals surface area contributed by atoms with E-state index in [9.17, 15) is 4.79 Å². The number of alkyl halides is 1. The maximum atomic E-state index is 12.2. The number of benzene rings is 1. The minimum atomic E-state index is -0.630. The van der Waals surface area contributed by atoms with Crippen molar-refractivity contribution in [2.75, 3.05) is 17.8 Å². The molecule has 18 heavy (non-hydrogen) atoms. The standard InChI is InChI=1S/C14H18ClNO2/c1-2-18-13(17)14(8-5-9-15)10-11-6-3-4-7-12(11)16-14/h3-4,6-7,16H,2,5,8-10H2,1H3. The molecule has 0 aromatic heterocycles. The molecule has 1 aromatic carbocycles. The average Bonchev–Trinajstić information content (AvgIpc) is 2.76. The van der Waals surface area contributed by atoms with E-state index in [4.69, 9.17) is 16.3 Å². The van der Waals surface area contributed by atoms with E-state index in [2.05, 4.69) is 5.32 Å². The van der Waals surface area contributed by atoms with E-state index in [-0.39, 0.29) is 5.97 Å². The number of esters is 1. The molecule has 0 fully saturated rings. The number of nitrogens with one attached hydrogen (secondary N) is 1. The molecule has 0 radical (unpaired) electrons. The van der Waals surface area contributed by atoms with Crippen LogP contribution in [-0.2, 0) is 16.0 Å². The number of anilines is 1. The van der Waals surface area contributed by atoms with Crippen LogP contribution in [0.4, 0.5) is 5.69 Å². The summed E-state index contributed by atoms with van der Waals surface area (Å²) in [6, 6.07) is 8.00. The highest BCUT2D eigenvalue weighted by Gasteiger charge is 2.44. The zero-order valence-electron chi connectivity index (χ0n) is 10.5. The highest BCUT2D eigenvalue weighted by molar-refractivity contribution is 6.17. The Hall–Kier alpha value is -1.22. The molecule has 0 saturated carbocycles. The summed E-state index contributed by atoms with van der Waals surface area (Å²) in [5, 5.41) is 3.33. The predicted octanol–water partition coefficient (Wildman–Crippen LogP) is 2.98. The zero-order chi connectivity index (χ0) is 13.0. The van der Waals surface area contributed by atoms with E-state index in [1.54, 1.807) is 0 Å². The van der Waals surface area contributed by atoms with Crippen molar-refractivity contribution in [2.24, 2.45) is 0 Å². The van der Waals surface area contributed by atoms with Gasteiger partial charge in [-0.3, -0.25) is 0 Å². The van der Waals surface area contributed by atoms with Crippen LogP contribution in [0.3, 0.4) is 0 Å². The van der Waals surface area contributed by atoms with E-state index in [0.717, 1.165) is 12.1 Å². The molecule has 0 bridgehead atoms. The van der Waals surface area contributed by atoms with Gasteiger partial charge in [0.2, 0.25) is 0 Å². The van der Waals surface area contributed by atoms with Crippen LogP contribution in [0.2, 0.25) is 0 Å². The van der Waals surface area contributed by atoms with Crippen LogP contribution in [-0.4, -0.2) is 24.0 Å². The molecule has 4 heteroatoms. The van der Waals surface area contributed by atoms with Crippen LogP contribution in [0.5, 0.6) is 0 Å². The van der Waals surface area contributed by atoms with E-state index in [1.165, 1.54) is 5.56 Å². The smallest absolute Gasteiger partial charge is 0.332 e. The van der Waals surface area contributed by atoms with Gasteiger partial charge in [0, 0.05) is 18.0 Å². The molecule has 1 aromatic rings. The molecular formula is C14H18ClNO2. The van der Waals surface area contributed by atoms with Gasteiger partial charge in [0.15, 0.2) is 0 Å². The molecule has 1 N–H and O–H groups in total. The van der Waals surface area contributed by atoms with Gasteiger partial charge in [-0.05, 0) is 31.4 Å². The molecule has 1 atom stereocenters. The number of hydrogen-bond donors (Lipinski definition) is 1. The number of carbonyl (C=O) groups is 1. The molecule has 3 nitrogen and oxygen atoms in total. The number of ether oxygens (including phenoxy) is 1. The number of carbonyl (C=O) groups excluding carboxylic acids is 1. The number of hydrogen-bond acceptors (Lipinski definition) is 3. The summed E-state index contributed by atoms with van der Waals surface area (Å²) < 4.78 is 5.21. The maximum Gasteiger partial charge on any atom is 0.332 e. The van der Waals surface area contributed by atoms with Gasteiger partial charge in [-0.15, -0.1) is 11.6 Å². The van der Waals surface area contributed by atoms with Crippen molar-refractivity contribution in [3.8, 4) is 0 Å². The predicted molar refractivity (Wildman–Crippen MR) is 73.1 cm³/mol. The third-order valence-electron chi connectivity index (χ3n) is 3.29. The van der Waals surface area contributed by atoms with Crippen molar-refractivity contribution in [2.45, 2.75) is 31.7 Å². The van der Waals surface area contributed by atoms with Crippen molar-refractivity contribution in [3.05, 3.63) is 29.8 Å². The van der Waals surface area contributed by atoms with Crippen LogP contribution in [0.1, 0.15) is 25.3 Å². The lowest BCUT2D eigenvalue weighted by Crippen LogP contribution is -2.46. The number of halogens is 1. The molecule has 0 spiro atoms. The lowest BCUT2D eigenvalue weighted by molar-refractivity contribution is -0.148. The summed E-state index contributed by atoms with van der Waals surface area (Å²) in [6.07, 6.45) is 2.17. The molecule has 0 aliphatic carbocycles. The Morgan fingerprint density at radius 1 is 1.50 bits per heavy atom. The first-order valence-corrected chi connectivity index (χ1v) is 6.84. The second-order valence-electron chi connectivity index (χ2n) is 4.55. The third kappa shape index (κ3) is 2.46. The number of para-hydroxylation sites is 1. The quantitative estimate of drug-likeness (QED) is 0.658. The van der Waals surface area contributed by atoms with Gasteiger partial charge in [-0.25, -0.2) is 4.79 Å². The van der Waals surface area contributed by atoms with E-state index in [0.29, 0.717) is 25.3 Å². The number of fused-ring (bicyclic) bond motifs is 1. The minimum Gasteiger partial charge on any atom is -0.464 e. The summed E-state index contributed by atoms with van der Waals surface area (Å²) >= 11 is 5.76. The molecule has 1 aliphatic heterocycles. The lowest BCUT2D eigenvalue weighted by Gasteiger charge is -2.27. The number of rotatable bonds is 5. The Kier molecular flexibility index (Phi) is 4.12. The van der Waals surface area contributed by atoms with Gasteiger partial charge >= 0.3 is 5.97 Å². The molecule has 98 valence electrons. The Labute approximate surface area is 112 Å². The summed E-state index contributed by atoms with van der Waals surface area (Å²) in [4.78, 5) is 12.2. The normalized spacial score (nSPS) is 21.2. The molecule has 0 amide bonds. The third-order valence-corrected chi connectivity index (χ3v) is 3.55. The first-order valence-electron chi connectivity index (χ1n) is 6.31. The first-order chi connectivity index (χ1) is 8.72. The SMILES string of the molecule is CCOC(=O)C1(CCCCl)Cc2ccccc2N1. The van der Waals surface area contributed by atoms with Crippen molar-refractivity contribution in [3.63, 3.8) is 0 Å². The van der Waals surface area contributed by atoms with Crippen molar-refractivity contribution in [1.82, 2.24) is 0 Å². The Bertz CT molecular complexity index is 409. The van der Waals surface area contributed by atoms with Gasteiger partial charge < -0.3 is 10.1 Å². The summed E-state index contributed by atoms with van der Waals surface area (Å²) in [6.45, 7) is 2.23. The fourth-order valence-corrected chi connectivity index (χ4v) is 2.57. The zero-order valence-corrected chi connectivity index (χ0v) is 11.3. The second kappa shape index (κ2) is 5.61. The van der Waals surface area contributed by atoms with Crippen LogP contribution >= 0.6 is 11.6 Å². The summed E-state index contributed by atoms with van der Waals surface area (Å²) in [5.41, 5.74) is 1.56. The van der Waals surface area contributed by atoms with Crippen molar-refractivity contribution in [1.29, 1.82) is 0 Å². The second-order valence-corrected chi connectivity index (χ2v) is 4.93. The van der Waals surface area contributed by atoms with Crippen molar-refractivity contribution < 1.29 is 9.53 Å². The molecule has 1 heterocycles.